The van der Waals surface area contributed by atoms with Crippen LogP contribution in [0, 0.1) is 0 Å². The molecule has 1 aliphatic rings. The second-order valence-electron chi connectivity index (χ2n) is 9.37. The third-order valence-corrected chi connectivity index (χ3v) is 7.22. The summed E-state index contributed by atoms with van der Waals surface area (Å²) < 4.78 is 2.04. The average Bonchev–Trinajstić information content (AvgIpc) is 3.23. The largest absolute Gasteiger partial charge is 0.478 e. The number of benzene rings is 3. The fraction of sp³-hybridized carbons (Fsp3) is 0.267. The Morgan fingerprint density at radius 3 is 2.23 bits per heavy atom. The Morgan fingerprint density at radius 2 is 1.57 bits per heavy atom. The van der Waals surface area contributed by atoms with Crippen LogP contribution in [0.1, 0.15) is 53.9 Å². The van der Waals surface area contributed by atoms with Gasteiger partial charge in [-0.25, -0.2) is 4.79 Å². The van der Waals surface area contributed by atoms with Crippen LogP contribution in [0.25, 0.3) is 22.2 Å². The Hall–Kier alpha value is -3.86. The molecule has 1 amide bonds. The van der Waals surface area contributed by atoms with Crippen molar-refractivity contribution in [2.24, 2.45) is 0 Å². The Morgan fingerprint density at radius 1 is 0.914 bits per heavy atom. The highest BCUT2D eigenvalue weighted by atomic mass is 16.4. The molecule has 1 aromatic heterocycles. The molecule has 0 atom stereocenters. The molecule has 0 bridgehead atoms. The fourth-order valence-electron chi connectivity index (χ4n) is 5.42. The van der Waals surface area contributed by atoms with Crippen molar-refractivity contribution in [1.82, 2.24) is 4.57 Å². The van der Waals surface area contributed by atoms with Gasteiger partial charge in [-0.2, -0.15) is 0 Å². The van der Waals surface area contributed by atoms with E-state index >= 15 is 0 Å². The van der Waals surface area contributed by atoms with Crippen LogP contribution in [0.3, 0.4) is 0 Å². The second-order valence-corrected chi connectivity index (χ2v) is 9.37. The van der Waals surface area contributed by atoms with Crippen molar-refractivity contribution in [3.05, 3.63) is 90.0 Å². The lowest BCUT2D eigenvalue weighted by Gasteiger charge is -2.24. The number of carboxylic acid groups (broad SMARTS) is 1. The van der Waals surface area contributed by atoms with E-state index in [1.54, 1.807) is 24.1 Å². The molecule has 1 aliphatic carbocycles. The van der Waals surface area contributed by atoms with Crippen LogP contribution >= 0.6 is 0 Å². The Labute approximate surface area is 205 Å². The van der Waals surface area contributed by atoms with Gasteiger partial charge in [0.25, 0.3) is 0 Å². The standard InChI is InChI=1S/C30H30N2O3/c1-31(24-15-9-4-10-16-24)27(33)20-32-26-19-23(30(34)35)17-18-25(26)28(21-11-5-2-6-12-21)29(32)22-13-7-3-8-14-22/h3-4,7-10,13-19,21H,2,5-6,11-12,20H2,1H3,(H,34,35). The summed E-state index contributed by atoms with van der Waals surface area (Å²) in [5, 5.41) is 10.8. The van der Waals surface area contributed by atoms with Crippen molar-refractivity contribution in [3.8, 4) is 11.3 Å². The average molecular weight is 467 g/mol. The molecule has 1 N–H and O–H groups in total. The van der Waals surface area contributed by atoms with Crippen molar-refractivity contribution in [1.29, 1.82) is 0 Å². The number of anilines is 1. The molecule has 5 nitrogen and oxygen atoms in total. The van der Waals surface area contributed by atoms with Gasteiger partial charge in [-0.1, -0.05) is 73.9 Å². The molecule has 0 unspecified atom stereocenters. The number of rotatable bonds is 6. The van der Waals surface area contributed by atoms with Crippen LogP contribution in [0.4, 0.5) is 5.69 Å². The van der Waals surface area contributed by atoms with Crippen molar-refractivity contribution in [2.45, 2.75) is 44.6 Å². The lowest BCUT2D eigenvalue weighted by molar-refractivity contribution is -0.118. The molecule has 1 heterocycles. The van der Waals surface area contributed by atoms with E-state index in [9.17, 15) is 14.7 Å². The molecule has 4 aromatic rings. The zero-order chi connectivity index (χ0) is 24.4. The minimum atomic E-state index is -0.965. The number of amides is 1. The van der Waals surface area contributed by atoms with Gasteiger partial charge in [0, 0.05) is 18.1 Å². The first-order chi connectivity index (χ1) is 17.0. The predicted molar refractivity (Wildman–Crippen MR) is 140 cm³/mol. The summed E-state index contributed by atoms with van der Waals surface area (Å²) in [4.78, 5) is 27.1. The van der Waals surface area contributed by atoms with Crippen molar-refractivity contribution < 1.29 is 14.7 Å². The third-order valence-electron chi connectivity index (χ3n) is 7.22. The summed E-state index contributed by atoms with van der Waals surface area (Å²) >= 11 is 0. The Kier molecular flexibility index (Phi) is 6.41. The molecule has 0 saturated heterocycles. The lowest BCUT2D eigenvalue weighted by Crippen LogP contribution is -2.30. The molecule has 35 heavy (non-hydrogen) atoms. The number of carbonyl (C=O) groups is 2. The van der Waals surface area contributed by atoms with Gasteiger partial charge in [0.1, 0.15) is 6.54 Å². The van der Waals surface area contributed by atoms with Crippen molar-refractivity contribution >= 4 is 28.5 Å². The number of carboxylic acids is 1. The molecule has 0 radical (unpaired) electrons. The van der Waals surface area contributed by atoms with E-state index in [0.29, 0.717) is 5.92 Å². The number of likely N-dealkylation sites (N-methyl/N-ethyl adjacent to an activating group) is 1. The second kappa shape index (κ2) is 9.79. The van der Waals surface area contributed by atoms with E-state index in [-0.39, 0.29) is 18.0 Å². The number of nitrogens with zero attached hydrogens (tertiary/aromatic N) is 2. The molecule has 5 heteroatoms. The van der Waals surface area contributed by atoms with Crippen LogP contribution < -0.4 is 4.90 Å². The highest BCUT2D eigenvalue weighted by molar-refractivity contribution is 6.00. The van der Waals surface area contributed by atoms with Crippen LogP contribution in [-0.2, 0) is 11.3 Å². The van der Waals surface area contributed by atoms with Crippen LogP contribution in [0.15, 0.2) is 78.9 Å². The van der Waals surface area contributed by atoms with E-state index in [4.69, 9.17) is 0 Å². The summed E-state index contributed by atoms with van der Waals surface area (Å²) in [6.45, 7) is 0.127. The smallest absolute Gasteiger partial charge is 0.335 e. The topological polar surface area (TPSA) is 62.5 Å². The summed E-state index contributed by atoms with van der Waals surface area (Å²) in [6, 6.07) is 25.1. The van der Waals surface area contributed by atoms with Gasteiger partial charge < -0.3 is 14.6 Å². The molecule has 1 fully saturated rings. The maximum atomic E-state index is 13.5. The molecule has 1 saturated carbocycles. The minimum absolute atomic E-state index is 0.0544. The quantitative estimate of drug-likeness (QED) is 0.343. The number of aromatic nitrogens is 1. The van der Waals surface area contributed by atoms with Gasteiger partial charge in [-0.05, 0) is 54.2 Å². The van der Waals surface area contributed by atoms with Crippen molar-refractivity contribution in [2.75, 3.05) is 11.9 Å². The van der Waals surface area contributed by atoms with Gasteiger partial charge in [-0.15, -0.1) is 0 Å². The summed E-state index contributed by atoms with van der Waals surface area (Å²) in [5.74, 6) is -0.630. The first kappa shape index (κ1) is 22.9. The van der Waals surface area contributed by atoms with Crippen molar-refractivity contribution in [3.63, 3.8) is 0 Å². The molecule has 178 valence electrons. The lowest BCUT2D eigenvalue weighted by atomic mass is 9.82. The normalized spacial score (nSPS) is 14.2. The highest BCUT2D eigenvalue weighted by Gasteiger charge is 2.28. The molecule has 5 rings (SSSR count). The van der Waals surface area contributed by atoms with Gasteiger partial charge in [-0.3, -0.25) is 4.79 Å². The van der Waals surface area contributed by atoms with Crippen LogP contribution in [0.5, 0.6) is 0 Å². The number of carbonyl (C=O) groups excluding carboxylic acids is 1. The fourth-order valence-corrected chi connectivity index (χ4v) is 5.42. The maximum Gasteiger partial charge on any atom is 0.335 e. The number of hydrogen-bond donors (Lipinski definition) is 1. The third kappa shape index (κ3) is 4.46. The molecule has 0 aliphatic heterocycles. The molecule has 3 aromatic carbocycles. The minimum Gasteiger partial charge on any atom is -0.478 e. The van der Waals surface area contributed by atoms with Gasteiger partial charge in [0.05, 0.1) is 16.8 Å². The number of aromatic carboxylic acids is 1. The Balaban J connectivity index is 1.71. The van der Waals surface area contributed by atoms with E-state index in [1.165, 1.54) is 24.8 Å². The van der Waals surface area contributed by atoms with Crippen LogP contribution in [-0.4, -0.2) is 28.6 Å². The Bertz CT molecular complexity index is 1350. The van der Waals surface area contributed by atoms with E-state index in [1.807, 2.05) is 59.2 Å². The van der Waals surface area contributed by atoms with E-state index in [0.717, 1.165) is 40.7 Å². The molecule has 0 spiro atoms. The SMILES string of the molecule is CN(C(=O)Cn1c(-c2ccccc2)c(C2CCCCC2)c2ccc(C(=O)O)cc21)c1ccccc1. The summed E-state index contributed by atoms with van der Waals surface area (Å²) in [5.41, 5.74) is 5.20. The molecular formula is C30H30N2O3. The number of hydrogen-bond acceptors (Lipinski definition) is 2. The highest BCUT2D eigenvalue weighted by Crippen LogP contribution is 2.44. The van der Waals surface area contributed by atoms with E-state index in [2.05, 4.69) is 12.1 Å². The first-order valence-corrected chi connectivity index (χ1v) is 12.3. The van der Waals surface area contributed by atoms with Gasteiger partial charge in [0.15, 0.2) is 0 Å². The first-order valence-electron chi connectivity index (χ1n) is 12.3. The summed E-state index contributed by atoms with van der Waals surface area (Å²) in [6.07, 6.45) is 5.84. The predicted octanol–water partition coefficient (Wildman–Crippen LogP) is 6.72. The molecular weight excluding hydrogens is 436 g/mol. The maximum absolute atomic E-state index is 13.5. The number of fused-ring (bicyclic) bond motifs is 1. The summed E-state index contributed by atoms with van der Waals surface area (Å²) in [7, 11) is 1.79. The van der Waals surface area contributed by atoms with E-state index < -0.39 is 5.97 Å². The zero-order valence-corrected chi connectivity index (χ0v) is 20.0. The van der Waals surface area contributed by atoms with Crippen LogP contribution in [0.2, 0.25) is 0 Å². The zero-order valence-electron chi connectivity index (χ0n) is 20.0. The van der Waals surface area contributed by atoms with Gasteiger partial charge in [0.2, 0.25) is 5.91 Å². The number of para-hydroxylation sites is 1. The van der Waals surface area contributed by atoms with Gasteiger partial charge >= 0.3 is 5.97 Å². The monoisotopic (exact) mass is 466 g/mol.